The lowest BCUT2D eigenvalue weighted by Gasteiger charge is -2.32. The standard InChI is InChI=1S/C29H24O9/c30-15-3-1-13(2-4-15)27-23(36)11-20-24(37-27)12-22(35)26-25(14-7-17(32)9-18(33)8-14)28(38-29(20)26)19-6-5-16(31)10-21(19)34/h1-10,12,23,25,27-28,30-36H,11H2. The lowest BCUT2D eigenvalue weighted by Crippen LogP contribution is -2.30. The van der Waals surface area contributed by atoms with Crippen LogP contribution in [-0.2, 0) is 6.42 Å². The first-order chi connectivity index (χ1) is 18.2. The lowest BCUT2D eigenvalue weighted by molar-refractivity contribution is 0.0194. The first-order valence-electron chi connectivity index (χ1n) is 11.9. The fraction of sp³-hybridized carbons (Fsp3) is 0.172. The molecule has 2 aliphatic rings. The van der Waals surface area contributed by atoms with Crippen LogP contribution in [0, 0.1) is 0 Å². The second-order valence-corrected chi connectivity index (χ2v) is 9.56. The average Bonchev–Trinajstić information content (AvgIpc) is 3.26. The lowest BCUT2D eigenvalue weighted by atomic mass is 9.82. The Hall–Kier alpha value is -4.76. The van der Waals surface area contributed by atoms with Crippen molar-refractivity contribution in [3.8, 4) is 46.0 Å². The Bertz CT molecular complexity index is 1530. The highest BCUT2D eigenvalue weighted by atomic mass is 16.5. The van der Waals surface area contributed by atoms with Crippen LogP contribution in [0.15, 0.2) is 66.7 Å². The van der Waals surface area contributed by atoms with Gasteiger partial charge in [0.15, 0.2) is 0 Å². The van der Waals surface area contributed by atoms with E-state index in [1.165, 1.54) is 54.6 Å². The molecular weight excluding hydrogens is 492 g/mol. The number of hydrogen-bond acceptors (Lipinski definition) is 9. The van der Waals surface area contributed by atoms with Crippen molar-refractivity contribution in [1.29, 1.82) is 0 Å². The molecule has 2 heterocycles. The molecule has 7 N–H and O–H groups in total. The number of aromatic hydroxyl groups is 6. The molecule has 9 heteroatoms. The maximum atomic E-state index is 11.2. The molecule has 4 aromatic carbocycles. The quantitative estimate of drug-likeness (QED) is 0.211. The highest BCUT2D eigenvalue weighted by Crippen LogP contribution is 2.59. The molecule has 0 aromatic heterocycles. The molecule has 2 aliphatic heterocycles. The molecule has 0 spiro atoms. The molecule has 0 bridgehead atoms. The molecule has 0 saturated heterocycles. The minimum atomic E-state index is -0.978. The van der Waals surface area contributed by atoms with Crippen LogP contribution in [-0.4, -0.2) is 41.8 Å². The normalized spacial score (nSPS) is 21.7. The summed E-state index contributed by atoms with van der Waals surface area (Å²) in [4.78, 5) is 0. The monoisotopic (exact) mass is 516 g/mol. The van der Waals surface area contributed by atoms with Gasteiger partial charge in [-0.3, -0.25) is 0 Å². The van der Waals surface area contributed by atoms with Crippen molar-refractivity contribution in [2.45, 2.75) is 30.7 Å². The van der Waals surface area contributed by atoms with Gasteiger partial charge in [0.1, 0.15) is 58.2 Å². The number of phenols is 6. The number of aliphatic hydroxyl groups is 1. The van der Waals surface area contributed by atoms with Crippen LogP contribution in [0.1, 0.15) is 45.9 Å². The minimum Gasteiger partial charge on any atom is -0.508 e. The number of aliphatic hydroxyl groups excluding tert-OH is 1. The molecule has 9 nitrogen and oxygen atoms in total. The van der Waals surface area contributed by atoms with Gasteiger partial charge in [-0.15, -0.1) is 0 Å². The number of rotatable bonds is 3. The highest BCUT2D eigenvalue weighted by Gasteiger charge is 2.45. The van der Waals surface area contributed by atoms with E-state index < -0.39 is 24.2 Å². The van der Waals surface area contributed by atoms with E-state index in [2.05, 4.69) is 0 Å². The summed E-state index contributed by atoms with van der Waals surface area (Å²) in [5, 5.41) is 72.7. The van der Waals surface area contributed by atoms with Crippen LogP contribution in [0.4, 0.5) is 0 Å². The summed E-state index contributed by atoms with van der Waals surface area (Å²) in [7, 11) is 0. The molecule has 38 heavy (non-hydrogen) atoms. The average molecular weight is 517 g/mol. The van der Waals surface area contributed by atoms with Gasteiger partial charge in [0.05, 0.1) is 12.0 Å². The zero-order chi connectivity index (χ0) is 26.7. The van der Waals surface area contributed by atoms with Crippen molar-refractivity contribution in [2.24, 2.45) is 0 Å². The Morgan fingerprint density at radius 2 is 1.29 bits per heavy atom. The second kappa shape index (κ2) is 8.67. The van der Waals surface area contributed by atoms with Crippen LogP contribution in [0.25, 0.3) is 0 Å². The van der Waals surface area contributed by atoms with Crippen molar-refractivity contribution in [3.63, 3.8) is 0 Å². The van der Waals surface area contributed by atoms with E-state index in [1.54, 1.807) is 12.1 Å². The molecular formula is C29H24O9. The van der Waals surface area contributed by atoms with Crippen LogP contribution >= 0.6 is 0 Å². The van der Waals surface area contributed by atoms with Crippen molar-refractivity contribution < 1.29 is 45.2 Å². The van der Waals surface area contributed by atoms with E-state index in [0.717, 1.165) is 0 Å². The SMILES string of the molecule is Oc1ccc(C2Oc3cc(O)c4c(c3CC2O)OC(c2ccc(O)cc2O)C4c2cc(O)cc(O)c2)cc1. The fourth-order valence-electron chi connectivity index (χ4n) is 5.40. The Kier molecular flexibility index (Phi) is 5.39. The highest BCUT2D eigenvalue weighted by molar-refractivity contribution is 5.65. The minimum absolute atomic E-state index is 0.0795. The van der Waals surface area contributed by atoms with Gasteiger partial charge in [0.25, 0.3) is 0 Å². The molecule has 0 radical (unpaired) electrons. The Balaban J connectivity index is 1.50. The van der Waals surface area contributed by atoms with Gasteiger partial charge in [-0.1, -0.05) is 12.1 Å². The topological polar surface area (TPSA) is 160 Å². The van der Waals surface area contributed by atoms with E-state index in [-0.39, 0.29) is 46.7 Å². The van der Waals surface area contributed by atoms with Gasteiger partial charge in [-0.05, 0) is 47.5 Å². The zero-order valence-electron chi connectivity index (χ0n) is 19.8. The first kappa shape index (κ1) is 23.6. The third-order valence-corrected chi connectivity index (χ3v) is 7.06. The zero-order valence-corrected chi connectivity index (χ0v) is 19.8. The van der Waals surface area contributed by atoms with E-state index in [0.29, 0.717) is 33.6 Å². The largest absolute Gasteiger partial charge is 0.508 e. The van der Waals surface area contributed by atoms with Crippen molar-refractivity contribution in [3.05, 3.63) is 94.5 Å². The van der Waals surface area contributed by atoms with Gasteiger partial charge >= 0.3 is 0 Å². The van der Waals surface area contributed by atoms with Crippen LogP contribution in [0.2, 0.25) is 0 Å². The predicted molar refractivity (Wildman–Crippen MR) is 134 cm³/mol. The Labute approximate surface area is 216 Å². The van der Waals surface area contributed by atoms with Crippen LogP contribution < -0.4 is 9.47 Å². The van der Waals surface area contributed by atoms with Gasteiger partial charge in [0, 0.05) is 41.3 Å². The van der Waals surface area contributed by atoms with Crippen molar-refractivity contribution in [2.75, 3.05) is 0 Å². The summed E-state index contributed by atoms with van der Waals surface area (Å²) >= 11 is 0. The number of fused-ring (bicyclic) bond motifs is 3. The molecule has 194 valence electrons. The van der Waals surface area contributed by atoms with E-state index in [1.807, 2.05) is 0 Å². The number of ether oxygens (including phenoxy) is 2. The number of phenolic OH excluding ortho intramolecular Hbond substituents is 6. The summed E-state index contributed by atoms with van der Waals surface area (Å²) in [6.45, 7) is 0. The first-order valence-corrected chi connectivity index (χ1v) is 11.9. The van der Waals surface area contributed by atoms with Crippen molar-refractivity contribution >= 4 is 0 Å². The summed E-state index contributed by atoms with van der Waals surface area (Å²) in [6.07, 6.45) is -2.53. The summed E-state index contributed by atoms with van der Waals surface area (Å²) < 4.78 is 12.5. The maximum Gasteiger partial charge on any atom is 0.150 e. The number of hydrogen-bond donors (Lipinski definition) is 7. The third kappa shape index (κ3) is 3.84. The number of benzene rings is 4. The van der Waals surface area contributed by atoms with E-state index >= 15 is 0 Å². The van der Waals surface area contributed by atoms with Gasteiger partial charge in [-0.25, -0.2) is 0 Å². The van der Waals surface area contributed by atoms with Crippen LogP contribution in [0.3, 0.4) is 0 Å². The molecule has 0 saturated carbocycles. The summed E-state index contributed by atoms with van der Waals surface area (Å²) in [6, 6.07) is 15.8. The molecule has 6 rings (SSSR count). The molecule has 4 unspecified atom stereocenters. The van der Waals surface area contributed by atoms with Gasteiger partial charge < -0.3 is 45.2 Å². The molecule has 0 fully saturated rings. The van der Waals surface area contributed by atoms with Crippen molar-refractivity contribution in [1.82, 2.24) is 0 Å². The maximum absolute atomic E-state index is 11.2. The van der Waals surface area contributed by atoms with Gasteiger partial charge in [-0.2, -0.15) is 0 Å². The van der Waals surface area contributed by atoms with Crippen LogP contribution in [0.5, 0.6) is 46.0 Å². The second-order valence-electron chi connectivity index (χ2n) is 9.56. The van der Waals surface area contributed by atoms with E-state index in [9.17, 15) is 35.7 Å². The fourth-order valence-corrected chi connectivity index (χ4v) is 5.40. The smallest absolute Gasteiger partial charge is 0.150 e. The molecule has 4 aromatic rings. The Morgan fingerprint density at radius 3 is 1.97 bits per heavy atom. The van der Waals surface area contributed by atoms with Gasteiger partial charge in [0.2, 0.25) is 0 Å². The third-order valence-electron chi connectivity index (χ3n) is 7.06. The van der Waals surface area contributed by atoms with E-state index in [4.69, 9.17) is 9.47 Å². The predicted octanol–water partition coefficient (Wildman–Crippen LogP) is 4.22. The Morgan fingerprint density at radius 1 is 0.605 bits per heavy atom. The summed E-state index contributed by atoms with van der Waals surface area (Å²) in [5.41, 5.74) is 2.20. The molecule has 0 amide bonds. The molecule has 4 atom stereocenters. The molecule has 0 aliphatic carbocycles. The summed E-state index contributed by atoms with van der Waals surface area (Å²) in [5.74, 6) is -1.10.